The highest BCUT2D eigenvalue weighted by molar-refractivity contribution is 9.10. The predicted molar refractivity (Wildman–Crippen MR) is 144 cm³/mol. The zero-order chi connectivity index (χ0) is 28.1. The topological polar surface area (TPSA) is 120 Å². The smallest absolute Gasteiger partial charge is 0.455 e. The van der Waals surface area contributed by atoms with Crippen molar-refractivity contribution in [3.05, 3.63) is 69.7 Å². The Hall–Kier alpha value is -3.03. The second kappa shape index (κ2) is 10.2. The van der Waals surface area contributed by atoms with Gasteiger partial charge in [0.15, 0.2) is 10.9 Å². The average Bonchev–Trinajstić information content (AvgIpc) is 3.50. The van der Waals surface area contributed by atoms with Crippen LogP contribution in [0.25, 0.3) is 22.3 Å². The van der Waals surface area contributed by atoms with Crippen LogP contribution in [0, 0.1) is 5.92 Å². The molecule has 2 heterocycles. The Balaban J connectivity index is 1.50. The number of aromatic nitrogens is 2. The maximum atomic E-state index is 13.0. The highest BCUT2D eigenvalue weighted by Gasteiger charge is 2.46. The summed E-state index contributed by atoms with van der Waals surface area (Å²) in [7, 11) is -5.64. The normalized spacial score (nSPS) is 15.0. The summed E-state index contributed by atoms with van der Waals surface area (Å²) in [6, 6.07) is 11.0. The number of alkyl halides is 3. The number of nitrogens with zero attached hydrogens (tertiary/aromatic N) is 2. The van der Waals surface area contributed by atoms with E-state index in [4.69, 9.17) is 21.8 Å². The van der Waals surface area contributed by atoms with Gasteiger partial charge in [-0.25, -0.2) is 4.98 Å². The molecule has 206 valence electrons. The quantitative estimate of drug-likeness (QED) is 0.211. The Bertz CT molecular complexity index is 1680. The van der Waals surface area contributed by atoms with E-state index in [1.807, 2.05) is 12.1 Å². The van der Waals surface area contributed by atoms with Gasteiger partial charge in [0.2, 0.25) is 0 Å². The number of hydrogen-bond acceptors (Lipinski definition) is 5. The Kier molecular flexibility index (Phi) is 7.18. The molecule has 2 aromatic heterocycles. The van der Waals surface area contributed by atoms with Gasteiger partial charge in [0.25, 0.3) is 5.91 Å². The average molecular weight is 646 g/mol. The molecule has 1 unspecified atom stereocenters. The molecule has 1 amide bonds. The van der Waals surface area contributed by atoms with Gasteiger partial charge in [-0.15, -0.1) is 0 Å². The van der Waals surface area contributed by atoms with E-state index >= 15 is 0 Å². The molecular weight excluding hydrogens is 625 g/mol. The summed E-state index contributed by atoms with van der Waals surface area (Å²) < 4.78 is 72.2. The molecule has 0 aliphatic heterocycles. The fourth-order valence-electron chi connectivity index (χ4n) is 4.54. The third-order valence-corrected chi connectivity index (χ3v) is 8.72. The summed E-state index contributed by atoms with van der Waals surface area (Å²) in [6.45, 7) is 0. The fraction of sp³-hybridized carbons (Fsp3) is 0.280. The first kappa shape index (κ1) is 27.5. The SMILES string of the molecule is NC(=O)c1c(Cl)ncn1C(Cc1ccc2oc(-c3ccccc3NS(=O)(=O)C(F)(F)F)c(Br)c2c1)CC1CC1. The van der Waals surface area contributed by atoms with Crippen molar-refractivity contribution in [2.45, 2.75) is 37.2 Å². The maximum absolute atomic E-state index is 13.0. The number of para-hydroxylation sites is 1. The third-order valence-electron chi connectivity index (χ3n) is 6.56. The number of hydrogen-bond donors (Lipinski definition) is 2. The number of nitrogens with one attached hydrogen (secondary N) is 1. The molecule has 1 aliphatic carbocycles. The van der Waals surface area contributed by atoms with Crippen molar-refractivity contribution in [1.82, 2.24) is 9.55 Å². The van der Waals surface area contributed by atoms with Crippen LogP contribution in [-0.4, -0.2) is 29.4 Å². The molecule has 8 nitrogen and oxygen atoms in total. The van der Waals surface area contributed by atoms with Crippen LogP contribution < -0.4 is 10.5 Å². The molecule has 4 aromatic rings. The van der Waals surface area contributed by atoms with Gasteiger partial charge in [-0.05, 0) is 64.5 Å². The van der Waals surface area contributed by atoms with Crippen LogP contribution in [0.3, 0.4) is 0 Å². The summed E-state index contributed by atoms with van der Waals surface area (Å²) in [5, 5.41) is 0.681. The standard InChI is InChI=1S/C25H21BrClF3N4O4S/c26-20-17-11-14(10-15(9-13-5-6-13)34-12-32-23(27)21(34)24(31)35)7-8-19(17)38-22(20)16-3-1-2-4-18(16)33-39(36,37)25(28,29)30/h1-4,7-8,11-13,15,33H,5-6,9-10H2,(H2,31,35). The first-order valence-electron chi connectivity index (χ1n) is 11.8. The molecule has 0 radical (unpaired) electrons. The number of fused-ring (bicyclic) bond motifs is 1. The minimum atomic E-state index is -5.64. The van der Waals surface area contributed by atoms with Gasteiger partial charge in [-0.1, -0.05) is 42.6 Å². The third kappa shape index (κ3) is 5.52. The van der Waals surface area contributed by atoms with Gasteiger partial charge < -0.3 is 14.7 Å². The second-order valence-corrected chi connectivity index (χ2v) is 12.2. The molecule has 0 bridgehead atoms. The van der Waals surface area contributed by atoms with Gasteiger partial charge >= 0.3 is 15.5 Å². The Labute approximate surface area is 234 Å². The summed E-state index contributed by atoms with van der Waals surface area (Å²) in [5.74, 6) is 0.00946. The summed E-state index contributed by atoms with van der Waals surface area (Å²) in [6.07, 6.45) is 5.03. The zero-order valence-electron chi connectivity index (χ0n) is 20.0. The molecule has 1 saturated carbocycles. The molecule has 3 N–H and O–H groups in total. The number of furan rings is 1. The van der Waals surface area contributed by atoms with Crippen molar-refractivity contribution < 1.29 is 30.8 Å². The lowest BCUT2D eigenvalue weighted by atomic mass is 9.99. The zero-order valence-corrected chi connectivity index (χ0v) is 23.2. The molecule has 0 spiro atoms. The van der Waals surface area contributed by atoms with Crippen LogP contribution in [-0.2, 0) is 16.4 Å². The van der Waals surface area contributed by atoms with E-state index in [1.165, 1.54) is 24.5 Å². The first-order chi connectivity index (χ1) is 18.4. The number of carbonyl (C=O) groups excluding carboxylic acids is 1. The number of sulfonamides is 1. The number of primary amides is 1. The van der Waals surface area contributed by atoms with Crippen LogP contribution in [0.1, 0.15) is 41.4 Å². The molecule has 0 saturated heterocycles. The first-order valence-corrected chi connectivity index (χ1v) is 14.4. The molecular formula is C25H21BrClF3N4O4S. The van der Waals surface area contributed by atoms with Crippen molar-refractivity contribution in [1.29, 1.82) is 0 Å². The van der Waals surface area contributed by atoms with Crippen LogP contribution in [0.4, 0.5) is 18.9 Å². The van der Waals surface area contributed by atoms with Gasteiger partial charge in [-0.3, -0.25) is 9.52 Å². The molecule has 1 atom stereocenters. The largest absolute Gasteiger partial charge is 0.516 e. The van der Waals surface area contributed by atoms with E-state index in [2.05, 4.69) is 20.9 Å². The lowest BCUT2D eigenvalue weighted by Crippen LogP contribution is -2.30. The lowest BCUT2D eigenvalue weighted by molar-refractivity contribution is -0.0429. The van der Waals surface area contributed by atoms with Crippen molar-refractivity contribution in [2.75, 3.05) is 4.72 Å². The molecule has 2 aromatic carbocycles. The van der Waals surface area contributed by atoms with Crippen LogP contribution in [0.5, 0.6) is 0 Å². The highest BCUT2D eigenvalue weighted by atomic mass is 79.9. The van der Waals surface area contributed by atoms with Crippen LogP contribution in [0.15, 0.2) is 57.7 Å². The molecule has 39 heavy (non-hydrogen) atoms. The van der Waals surface area contributed by atoms with Crippen molar-refractivity contribution >= 4 is 60.1 Å². The number of benzene rings is 2. The van der Waals surface area contributed by atoms with Crippen molar-refractivity contribution in [2.24, 2.45) is 11.7 Å². The van der Waals surface area contributed by atoms with Gasteiger partial charge in [0.05, 0.1) is 16.5 Å². The van der Waals surface area contributed by atoms with E-state index in [9.17, 15) is 26.4 Å². The number of anilines is 1. The summed E-state index contributed by atoms with van der Waals surface area (Å²) >= 11 is 9.60. The second-order valence-electron chi connectivity index (χ2n) is 9.37. The monoisotopic (exact) mass is 644 g/mol. The number of imidazole rings is 1. The molecule has 1 aliphatic rings. The Morgan fingerprint density at radius 2 is 1.97 bits per heavy atom. The van der Waals surface area contributed by atoms with E-state index in [-0.39, 0.29) is 33.9 Å². The lowest BCUT2D eigenvalue weighted by Gasteiger charge is -2.20. The minimum absolute atomic E-state index is 0.0424. The number of carbonyl (C=O) groups is 1. The Morgan fingerprint density at radius 3 is 2.64 bits per heavy atom. The number of rotatable bonds is 9. The highest BCUT2D eigenvalue weighted by Crippen LogP contribution is 2.43. The van der Waals surface area contributed by atoms with Crippen molar-refractivity contribution in [3.63, 3.8) is 0 Å². The van der Waals surface area contributed by atoms with Crippen molar-refractivity contribution in [3.8, 4) is 11.3 Å². The van der Waals surface area contributed by atoms with E-state index in [0.717, 1.165) is 24.8 Å². The van der Waals surface area contributed by atoms with Gasteiger partial charge in [0.1, 0.15) is 11.3 Å². The van der Waals surface area contributed by atoms with Gasteiger partial charge in [-0.2, -0.15) is 21.6 Å². The number of halogens is 5. The van der Waals surface area contributed by atoms with E-state index in [0.29, 0.717) is 27.8 Å². The van der Waals surface area contributed by atoms with Crippen LogP contribution in [0.2, 0.25) is 5.15 Å². The van der Waals surface area contributed by atoms with E-state index in [1.54, 1.807) is 21.4 Å². The fourth-order valence-corrected chi connectivity index (χ4v) is 5.96. The number of amides is 1. The Morgan fingerprint density at radius 1 is 1.26 bits per heavy atom. The summed E-state index contributed by atoms with van der Waals surface area (Å²) in [5.41, 5.74) is 1.40. The molecule has 14 heteroatoms. The minimum Gasteiger partial charge on any atom is -0.455 e. The predicted octanol–water partition coefficient (Wildman–Crippen LogP) is 6.66. The number of nitrogens with two attached hydrogens (primary N) is 1. The molecule has 5 rings (SSSR count). The van der Waals surface area contributed by atoms with Crippen LogP contribution >= 0.6 is 27.5 Å². The van der Waals surface area contributed by atoms with Gasteiger partial charge in [0, 0.05) is 17.0 Å². The molecule has 1 fully saturated rings. The van der Waals surface area contributed by atoms with E-state index < -0.39 is 21.4 Å². The maximum Gasteiger partial charge on any atom is 0.516 e. The summed E-state index contributed by atoms with van der Waals surface area (Å²) in [4.78, 5) is 16.1.